The molecule has 2 heteroatoms. The van der Waals surface area contributed by atoms with Crippen molar-refractivity contribution in [2.45, 2.75) is 0 Å². The molecular formula is C52H30S2. The lowest BCUT2D eigenvalue weighted by molar-refractivity contribution is 1.64. The molecule has 250 valence electrons. The summed E-state index contributed by atoms with van der Waals surface area (Å²) in [4.78, 5) is 0. The van der Waals surface area contributed by atoms with E-state index in [9.17, 15) is 0 Å². The molecule has 2 heterocycles. The second kappa shape index (κ2) is 11.6. The van der Waals surface area contributed by atoms with Crippen LogP contribution in [0.2, 0.25) is 0 Å². The molecular weight excluding hydrogens is 689 g/mol. The second-order valence-corrected chi connectivity index (χ2v) is 16.4. The van der Waals surface area contributed by atoms with Crippen LogP contribution in [0.3, 0.4) is 0 Å². The van der Waals surface area contributed by atoms with E-state index in [-0.39, 0.29) is 0 Å². The quantitative estimate of drug-likeness (QED) is 0.160. The van der Waals surface area contributed by atoms with Crippen molar-refractivity contribution in [3.05, 3.63) is 182 Å². The first-order valence-corrected chi connectivity index (χ1v) is 20.1. The Balaban J connectivity index is 1.05. The molecule has 0 bridgehead atoms. The summed E-state index contributed by atoms with van der Waals surface area (Å²) in [7, 11) is 0. The van der Waals surface area contributed by atoms with Crippen LogP contribution in [-0.4, -0.2) is 0 Å². The van der Waals surface area contributed by atoms with E-state index in [1.54, 1.807) is 0 Å². The highest BCUT2D eigenvalue weighted by Crippen LogP contribution is 2.49. The minimum atomic E-state index is 1.23. The van der Waals surface area contributed by atoms with E-state index >= 15 is 0 Å². The average Bonchev–Trinajstić information content (AvgIpc) is 3.81. The zero-order valence-electron chi connectivity index (χ0n) is 29.1. The molecule has 0 N–H and O–H groups in total. The van der Waals surface area contributed by atoms with Crippen molar-refractivity contribution < 1.29 is 0 Å². The Hall–Kier alpha value is -6.32. The van der Waals surface area contributed by atoms with Crippen LogP contribution in [0, 0.1) is 0 Å². The highest BCUT2D eigenvalue weighted by atomic mass is 32.1. The molecule has 0 unspecified atom stereocenters. The molecule has 0 aliphatic carbocycles. The van der Waals surface area contributed by atoms with Gasteiger partial charge in [-0.25, -0.2) is 0 Å². The minimum Gasteiger partial charge on any atom is -0.134 e. The van der Waals surface area contributed by atoms with Crippen LogP contribution in [0.1, 0.15) is 0 Å². The van der Waals surface area contributed by atoms with Crippen LogP contribution < -0.4 is 0 Å². The van der Waals surface area contributed by atoms with Gasteiger partial charge in [0.25, 0.3) is 0 Å². The first-order chi connectivity index (χ1) is 26.8. The van der Waals surface area contributed by atoms with Crippen molar-refractivity contribution in [1.29, 1.82) is 0 Å². The van der Waals surface area contributed by atoms with Gasteiger partial charge in [0, 0.05) is 36.3 Å². The van der Waals surface area contributed by atoms with Gasteiger partial charge >= 0.3 is 0 Å². The van der Waals surface area contributed by atoms with Crippen molar-refractivity contribution in [2.24, 2.45) is 0 Å². The number of benzene rings is 10. The number of hydrogen-bond acceptors (Lipinski definition) is 2. The Morgan fingerprint density at radius 2 is 0.741 bits per heavy atom. The molecule has 0 saturated heterocycles. The van der Waals surface area contributed by atoms with Crippen molar-refractivity contribution in [3.63, 3.8) is 0 Å². The Labute approximate surface area is 319 Å². The highest BCUT2D eigenvalue weighted by molar-refractivity contribution is 7.34. The predicted octanol–water partition coefficient (Wildman–Crippen LogP) is 16.0. The van der Waals surface area contributed by atoms with Gasteiger partial charge in [-0.1, -0.05) is 164 Å². The molecule has 0 saturated carbocycles. The summed E-state index contributed by atoms with van der Waals surface area (Å²) in [6.45, 7) is 0. The number of thiophene rings is 2. The third-order valence-corrected chi connectivity index (χ3v) is 14.1. The third kappa shape index (κ3) is 4.36. The van der Waals surface area contributed by atoms with Crippen molar-refractivity contribution in [2.75, 3.05) is 0 Å². The molecule has 0 aliphatic heterocycles. The van der Waals surface area contributed by atoms with Gasteiger partial charge in [0.05, 0.1) is 9.40 Å². The predicted molar refractivity (Wildman–Crippen MR) is 239 cm³/mol. The summed E-state index contributed by atoms with van der Waals surface area (Å²) in [6.07, 6.45) is 0. The number of rotatable bonds is 3. The molecule has 0 aliphatic rings. The molecule has 12 aromatic rings. The van der Waals surface area contributed by atoms with Gasteiger partial charge < -0.3 is 0 Å². The zero-order chi connectivity index (χ0) is 35.3. The van der Waals surface area contributed by atoms with Gasteiger partial charge in [-0.2, -0.15) is 0 Å². The molecule has 10 aromatic carbocycles. The summed E-state index contributed by atoms with van der Waals surface area (Å²) in [6, 6.07) is 67.7. The van der Waals surface area contributed by atoms with Crippen LogP contribution >= 0.6 is 22.7 Å². The van der Waals surface area contributed by atoms with Gasteiger partial charge in [0.15, 0.2) is 0 Å². The fourth-order valence-electron chi connectivity index (χ4n) is 8.99. The average molecular weight is 719 g/mol. The molecule has 0 atom stereocenters. The second-order valence-electron chi connectivity index (χ2n) is 14.3. The smallest absolute Gasteiger partial charge is 0.0534 e. The van der Waals surface area contributed by atoms with E-state index in [2.05, 4.69) is 182 Å². The van der Waals surface area contributed by atoms with Crippen molar-refractivity contribution in [1.82, 2.24) is 0 Å². The van der Waals surface area contributed by atoms with Crippen molar-refractivity contribution >= 4 is 106 Å². The van der Waals surface area contributed by atoms with Crippen molar-refractivity contribution in [3.8, 4) is 33.4 Å². The maximum atomic E-state index is 2.45. The van der Waals surface area contributed by atoms with Gasteiger partial charge in [0.1, 0.15) is 0 Å². The summed E-state index contributed by atoms with van der Waals surface area (Å²) >= 11 is 3.88. The van der Waals surface area contributed by atoms with Crippen LogP contribution in [0.4, 0.5) is 0 Å². The standard InChI is InChI=1S/C52H30S2/c1-2-12-34-29-35(26-21-31(34)11-1)49-40-17-6-4-15-38(40)48(39-16-5-7-18-41(39)49)33-24-22-32(23-25-33)45-30-46-44-28-27-43-37-14-9-10-20-47(37)53-51(43)52(44)54-50(46)42-19-8-3-13-36(42)45/h1-30H. The SMILES string of the molecule is c1ccc2cc(-c3c4ccccc4c(-c4ccc(-c5cc6c7ccc8c9ccccc9sc8c7sc6c6ccccc56)cc4)c4ccccc34)ccc2c1. The van der Waals surface area contributed by atoms with E-state index in [0.29, 0.717) is 0 Å². The summed E-state index contributed by atoms with van der Waals surface area (Å²) in [5, 5.41) is 15.7. The lowest BCUT2D eigenvalue weighted by atomic mass is 9.85. The Kier molecular flexibility index (Phi) is 6.48. The van der Waals surface area contributed by atoms with E-state index in [1.807, 2.05) is 22.7 Å². The van der Waals surface area contributed by atoms with Crippen LogP contribution in [0.15, 0.2) is 182 Å². The lowest BCUT2D eigenvalue weighted by Gasteiger charge is -2.18. The topological polar surface area (TPSA) is 0 Å². The monoisotopic (exact) mass is 718 g/mol. The zero-order valence-corrected chi connectivity index (χ0v) is 30.8. The van der Waals surface area contributed by atoms with Gasteiger partial charge in [-0.15, -0.1) is 22.7 Å². The molecule has 0 amide bonds. The largest absolute Gasteiger partial charge is 0.134 e. The first kappa shape index (κ1) is 30.2. The number of hydrogen-bond donors (Lipinski definition) is 0. The molecule has 12 rings (SSSR count). The van der Waals surface area contributed by atoms with E-state index < -0.39 is 0 Å². The van der Waals surface area contributed by atoms with Crippen LogP contribution in [-0.2, 0) is 0 Å². The summed E-state index contributed by atoms with van der Waals surface area (Å²) < 4.78 is 5.52. The normalized spacial score (nSPS) is 12.1. The van der Waals surface area contributed by atoms with Gasteiger partial charge in [-0.05, 0) is 89.3 Å². The fraction of sp³-hybridized carbons (Fsp3) is 0. The van der Waals surface area contributed by atoms with Gasteiger partial charge in [0.2, 0.25) is 0 Å². The van der Waals surface area contributed by atoms with E-state index in [0.717, 1.165) is 0 Å². The van der Waals surface area contributed by atoms with E-state index in [4.69, 9.17) is 0 Å². The third-order valence-electron chi connectivity index (χ3n) is 11.4. The minimum absolute atomic E-state index is 1.23. The Bertz CT molecular complexity index is 3430. The number of fused-ring (bicyclic) bond motifs is 12. The lowest BCUT2D eigenvalue weighted by Crippen LogP contribution is -1.91. The molecule has 0 spiro atoms. The molecule has 0 nitrogen and oxygen atoms in total. The molecule has 0 radical (unpaired) electrons. The molecule has 0 fully saturated rings. The maximum absolute atomic E-state index is 2.45. The van der Waals surface area contributed by atoms with Crippen LogP contribution in [0.25, 0.3) is 117 Å². The van der Waals surface area contributed by atoms with E-state index in [1.165, 1.54) is 117 Å². The molecule has 54 heavy (non-hydrogen) atoms. The Morgan fingerprint density at radius 1 is 0.259 bits per heavy atom. The first-order valence-electron chi connectivity index (χ1n) is 18.5. The fourth-order valence-corrected chi connectivity index (χ4v) is 11.6. The maximum Gasteiger partial charge on any atom is 0.0534 e. The summed E-state index contributed by atoms with van der Waals surface area (Å²) in [5.74, 6) is 0. The molecule has 2 aromatic heterocycles. The summed E-state index contributed by atoms with van der Waals surface area (Å²) in [5.41, 5.74) is 7.58. The van der Waals surface area contributed by atoms with Crippen LogP contribution in [0.5, 0.6) is 0 Å². The van der Waals surface area contributed by atoms with Gasteiger partial charge in [-0.3, -0.25) is 0 Å². The highest BCUT2D eigenvalue weighted by Gasteiger charge is 2.19. The Morgan fingerprint density at radius 3 is 1.44 bits per heavy atom.